The summed E-state index contributed by atoms with van der Waals surface area (Å²) in [5.74, 6) is 0.390. The number of esters is 1. The molecule has 1 aliphatic rings. The van der Waals surface area contributed by atoms with E-state index in [4.69, 9.17) is 4.74 Å². The molecule has 0 amide bonds. The summed E-state index contributed by atoms with van der Waals surface area (Å²) in [7, 11) is 0. The molecule has 0 aliphatic carbocycles. The summed E-state index contributed by atoms with van der Waals surface area (Å²) in [6.07, 6.45) is 3.08. The minimum Gasteiger partial charge on any atom is -0.423 e. The van der Waals surface area contributed by atoms with E-state index >= 15 is 0 Å². The molecule has 0 spiro atoms. The Kier molecular flexibility index (Phi) is 1.90. The van der Waals surface area contributed by atoms with E-state index in [1.165, 1.54) is 6.08 Å². The molecule has 0 bridgehead atoms. The summed E-state index contributed by atoms with van der Waals surface area (Å²) in [6.45, 7) is 1.89. The first-order chi connectivity index (χ1) is 4.20. The fourth-order valence-electron chi connectivity index (χ4n) is 0.505. The third-order valence-corrected chi connectivity index (χ3v) is 1.45. The Labute approximate surface area is 66.7 Å². The lowest BCUT2D eigenvalue weighted by Gasteiger charge is -1.94. The molecule has 0 unspecified atom stereocenters. The highest BCUT2D eigenvalue weighted by Gasteiger charge is 2.10. The maximum absolute atomic E-state index is 10.4. The normalized spacial score (nSPS) is 22.2. The van der Waals surface area contributed by atoms with E-state index in [-0.39, 0.29) is 5.97 Å². The van der Waals surface area contributed by atoms with Crippen LogP contribution in [0.15, 0.2) is 21.5 Å². The van der Waals surface area contributed by atoms with Crippen molar-refractivity contribution in [2.24, 2.45) is 0 Å². The lowest BCUT2D eigenvalue weighted by molar-refractivity contribution is -0.132. The Morgan fingerprint density at radius 2 is 2.33 bits per heavy atom. The number of ether oxygens (including phenoxy) is 1. The predicted molar refractivity (Wildman–Crippen MR) is 42.0 cm³/mol. The molecule has 0 aromatic heterocycles. The van der Waals surface area contributed by atoms with Crippen LogP contribution in [0.1, 0.15) is 6.92 Å². The van der Waals surface area contributed by atoms with Gasteiger partial charge in [-0.05, 0) is 35.6 Å². The lowest BCUT2D eigenvalue weighted by atomic mass is 10.4. The number of carbonyl (C=O) groups is 1. The van der Waals surface area contributed by atoms with Crippen molar-refractivity contribution >= 4 is 28.6 Å². The number of rotatable bonds is 0. The average molecular weight is 236 g/mol. The second kappa shape index (κ2) is 2.51. The van der Waals surface area contributed by atoms with Crippen LogP contribution in [0.2, 0.25) is 0 Å². The molecule has 48 valence electrons. The molecule has 0 atom stereocenters. The van der Waals surface area contributed by atoms with Gasteiger partial charge in [0, 0.05) is 9.66 Å². The zero-order valence-corrected chi connectivity index (χ0v) is 7.01. The number of allylic oxidation sites excluding steroid dienone is 2. The second-order valence-electron chi connectivity index (χ2n) is 1.65. The van der Waals surface area contributed by atoms with Crippen LogP contribution in [0.5, 0.6) is 0 Å². The molecule has 0 saturated heterocycles. The van der Waals surface area contributed by atoms with E-state index in [9.17, 15) is 4.79 Å². The van der Waals surface area contributed by atoms with E-state index in [0.717, 1.165) is 3.58 Å². The van der Waals surface area contributed by atoms with E-state index in [1.54, 1.807) is 6.08 Å². The Morgan fingerprint density at radius 3 is 2.56 bits per heavy atom. The number of halogens is 1. The predicted octanol–water partition coefficient (Wildman–Crippen LogP) is 1.77. The summed E-state index contributed by atoms with van der Waals surface area (Å²) < 4.78 is 5.74. The molecule has 9 heavy (non-hydrogen) atoms. The fourth-order valence-corrected chi connectivity index (χ4v) is 0.795. The van der Waals surface area contributed by atoms with Crippen LogP contribution in [-0.2, 0) is 9.53 Å². The highest BCUT2D eigenvalue weighted by Crippen LogP contribution is 2.18. The standard InChI is InChI=1S/C6H5IO2/c1-4(7)5-2-3-6(8)9-5/h2-3H,1H3/b5-4-. The number of hydrogen-bond donors (Lipinski definition) is 0. The van der Waals surface area contributed by atoms with Gasteiger partial charge in [-0.2, -0.15) is 0 Å². The number of cyclic esters (lactones) is 1. The van der Waals surface area contributed by atoms with E-state index in [1.807, 2.05) is 6.92 Å². The first-order valence-corrected chi connectivity index (χ1v) is 3.54. The van der Waals surface area contributed by atoms with Crippen molar-refractivity contribution in [3.8, 4) is 0 Å². The summed E-state index contributed by atoms with van der Waals surface area (Å²) in [6, 6.07) is 0. The molecule has 1 aliphatic heterocycles. The van der Waals surface area contributed by atoms with Crippen molar-refractivity contribution in [2.75, 3.05) is 0 Å². The Balaban J connectivity index is 2.83. The lowest BCUT2D eigenvalue weighted by Crippen LogP contribution is -1.90. The Hall–Kier alpha value is -0.320. The summed E-state index contributed by atoms with van der Waals surface area (Å²) in [5, 5.41) is 0. The molecular formula is C6H5IO2. The van der Waals surface area contributed by atoms with Crippen molar-refractivity contribution < 1.29 is 9.53 Å². The van der Waals surface area contributed by atoms with Gasteiger partial charge in [-0.1, -0.05) is 0 Å². The molecule has 0 saturated carbocycles. The van der Waals surface area contributed by atoms with Crippen LogP contribution in [0.25, 0.3) is 0 Å². The van der Waals surface area contributed by atoms with Crippen LogP contribution in [0.3, 0.4) is 0 Å². The third kappa shape index (κ3) is 1.54. The molecule has 1 rings (SSSR count). The van der Waals surface area contributed by atoms with E-state index in [2.05, 4.69) is 22.6 Å². The van der Waals surface area contributed by atoms with Crippen molar-refractivity contribution in [1.29, 1.82) is 0 Å². The highest BCUT2D eigenvalue weighted by atomic mass is 127. The van der Waals surface area contributed by atoms with Gasteiger partial charge in [0.1, 0.15) is 5.76 Å². The molecule has 0 radical (unpaired) electrons. The van der Waals surface area contributed by atoms with Crippen molar-refractivity contribution in [3.63, 3.8) is 0 Å². The van der Waals surface area contributed by atoms with Crippen LogP contribution in [0.4, 0.5) is 0 Å². The van der Waals surface area contributed by atoms with Gasteiger partial charge in [-0.3, -0.25) is 0 Å². The van der Waals surface area contributed by atoms with E-state index in [0.29, 0.717) is 5.76 Å². The zero-order chi connectivity index (χ0) is 6.85. The summed E-state index contributed by atoms with van der Waals surface area (Å²) in [4.78, 5) is 10.4. The smallest absolute Gasteiger partial charge is 0.336 e. The van der Waals surface area contributed by atoms with Crippen molar-refractivity contribution in [1.82, 2.24) is 0 Å². The van der Waals surface area contributed by atoms with Crippen LogP contribution < -0.4 is 0 Å². The first-order valence-electron chi connectivity index (χ1n) is 2.46. The molecule has 1 heterocycles. The number of hydrogen-bond acceptors (Lipinski definition) is 2. The van der Waals surface area contributed by atoms with Crippen LogP contribution >= 0.6 is 22.6 Å². The fraction of sp³-hybridized carbons (Fsp3) is 0.167. The molecule has 0 N–H and O–H groups in total. The highest BCUT2D eigenvalue weighted by molar-refractivity contribution is 14.1. The van der Waals surface area contributed by atoms with Gasteiger partial charge in [0.2, 0.25) is 0 Å². The minimum atomic E-state index is -0.277. The molecule has 3 heteroatoms. The average Bonchev–Trinajstić information content (AvgIpc) is 2.14. The summed E-state index contributed by atoms with van der Waals surface area (Å²) in [5.41, 5.74) is 0. The van der Waals surface area contributed by atoms with E-state index < -0.39 is 0 Å². The molecular weight excluding hydrogens is 231 g/mol. The van der Waals surface area contributed by atoms with Gasteiger partial charge in [0.15, 0.2) is 0 Å². The molecule has 2 nitrogen and oxygen atoms in total. The van der Waals surface area contributed by atoms with Gasteiger partial charge in [-0.25, -0.2) is 4.79 Å². The maximum atomic E-state index is 10.4. The zero-order valence-electron chi connectivity index (χ0n) is 4.85. The van der Waals surface area contributed by atoms with Crippen LogP contribution in [-0.4, -0.2) is 5.97 Å². The van der Waals surface area contributed by atoms with Gasteiger partial charge in [0.25, 0.3) is 0 Å². The topological polar surface area (TPSA) is 26.3 Å². The molecule has 0 aromatic rings. The second-order valence-corrected chi connectivity index (χ2v) is 3.27. The number of carbonyl (C=O) groups excluding carboxylic acids is 1. The van der Waals surface area contributed by atoms with Crippen molar-refractivity contribution in [3.05, 3.63) is 21.5 Å². The third-order valence-electron chi connectivity index (χ3n) is 0.921. The van der Waals surface area contributed by atoms with Gasteiger partial charge in [-0.15, -0.1) is 0 Å². The Bertz CT molecular complexity index is 199. The Morgan fingerprint density at radius 1 is 1.67 bits per heavy atom. The van der Waals surface area contributed by atoms with Crippen molar-refractivity contribution in [2.45, 2.75) is 6.92 Å². The monoisotopic (exact) mass is 236 g/mol. The maximum Gasteiger partial charge on any atom is 0.336 e. The van der Waals surface area contributed by atoms with Gasteiger partial charge >= 0.3 is 5.97 Å². The first kappa shape index (κ1) is 6.80. The minimum absolute atomic E-state index is 0.277. The SMILES string of the molecule is C/C(I)=C1\C=CC(=O)O1. The quantitative estimate of drug-likeness (QED) is 0.473. The van der Waals surface area contributed by atoms with Gasteiger partial charge in [0.05, 0.1) is 0 Å². The summed E-state index contributed by atoms with van der Waals surface area (Å²) >= 11 is 2.11. The molecule has 0 aromatic carbocycles. The molecule has 0 fully saturated rings. The largest absolute Gasteiger partial charge is 0.423 e. The van der Waals surface area contributed by atoms with Gasteiger partial charge < -0.3 is 4.74 Å². The van der Waals surface area contributed by atoms with Crippen LogP contribution in [0, 0.1) is 0 Å².